The summed E-state index contributed by atoms with van der Waals surface area (Å²) in [6.07, 6.45) is 3.93. The second-order valence-electron chi connectivity index (χ2n) is 6.32. The van der Waals surface area contributed by atoms with Crippen LogP contribution in [0.1, 0.15) is 27.2 Å². The number of hydrogen-bond acceptors (Lipinski definition) is 4. The van der Waals surface area contributed by atoms with Gasteiger partial charge in [0, 0.05) is 35.2 Å². The van der Waals surface area contributed by atoms with Crippen LogP contribution in [0.2, 0.25) is 0 Å². The molecule has 0 fully saturated rings. The summed E-state index contributed by atoms with van der Waals surface area (Å²) >= 11 is 0. The van der Waals surface area contributed by atoms with E-state index in [0.29, 0.717) is 17.7 Å². The highest BCUT2D eigenvalue weighted by Gasteiger charge is 2.30. The first-order valence-electron chi connectivity index (χ1n) is 7.34. The standard InChI is InChI=1S/C16H23N3O2S/c1-12(2)9-16(3,11-17)19-22(20,21)15-6-4-5-13-10-18-8-7-14(13)15/h4-8,10,12,19H,9,11,17H2,1-3H3. The lowest BCUT2D eigenvalue weighted by atomic mass is 9.92. The summed E-state index contributed by atoms with van der Waals surface area (Å²) in [4.78, 5) is 4.29. The summed E-state index contributed by atoms with van der Waals surface area (Å²) in [5, 5.41) is 1.46. The molecule has 2 aromatic rings. The number of rotatable bonds is 6. The molecule has 5 nitrogen and oxygen atoms in total. The third-order valence-electron chi connectivity index (χ3n) is 3.62. The van der Waals surface area contributed by atoms with Crippen molar-refractivity contribution in [2.75, 3.05) is 6.54 Å². The monoisotopic (exact) mass is 321 g/mol. The summed E-state index contributed by atoms with van der Waals surface area (Å²) in [5.41, 5.74) is 5.15. The van der Waals surface area contributed by atoms with Crippen molar-refractivity contribution in [3.8, 4) is 0 Å². The van der Waals surface area contributed by atoms with Crippen LogP contribution in [-0.2, 0) is 10.0 Å². The number of hydrogen-bond donors (Lipinski definition) is 2. The van der Waals surface area contributed by atoms with Crippen molar-refractivity contribution < 1.29 is 8.42 Å². The normalized spacial score (nSPS) is 15.1. The topological polar surface area (TPSA) is 85.1 Å². The van der Waals surface area contributed by atoms with Gasteiger partial charge < -0.3 is 5.73 Å². The molecule has 0 aliphatic rings. The predicted octanol–water partition coefficient (Wildman–Crippen LogP) is 2.28. The average Bonchev–Trinajstić information content (AvgIpc) is 2.45. The molecule has 1 aromatic heterocycles. The van der Waals surface area contributed by atoms with Crippen LogP contribution in [0.25, 0.3) is 10.8 Å². The van der Waals surface area contributed by atoms with Gasteiger partial charge in [-0.25, -0.2) is 13.1 Å². The minimum Gasteiger partial charge on any atom is -0.329 e. The maximum atomic E-state index is 12.8. The van der Waals surface area contributed by atoms with Gasteiger partial charge in [0.15, 0.2) is 0 Å². The molecule has 0 spiro atoms. The fourth-order valence-corrected chi connectivity index (χ4v) is 4.43. The van der Waals surface area contributed by atoms with Crippen LogP contribution in [0.15, 0.2) is 41.6 Å². The van der Waals surface area contributed by atoms with Gasteiger partial charge in [-0.2, -0.15) is 0 Å². The van der Waals surface area contributed by atoms with Crippen LogP contribution in [0.4, 0.5) is 0 Å². The van der Waals surface area contributed by atoms with Crippen molar-refractivity contribution in [3.05, 3.63) is 36.7 Å². The number of nitrogens with zero attached hydrogens (tertiary/aromatic N) is 1. The van der Waals surface area contributed by atoms with Gasteiger partial charge in [0.05, 0.1) is 4.90 Å². The van der Waals surface area contributed by atoms with E-state index in [2.05, 4.69) is 9.71 Å². The van der Waals surface area contributed by atoms with Crippen molar-refractivity contribution in [3.63, 3.8) is 0 Å². The van der Waals surface area contributed by atoms with Crippen molar-refractivity contribution in [1.29, 1.82) is 0 Å². The number of nitrogens with one attached hydrogen (secondary N) is 1. The lowest BCUT2D eigenvalue weighted by Gasteiger charge is -2.31. The summed E-state index contributed by atoms with van der Waals surface area (Å²) < 4.78 is 28.4. The van der Waals surface area contributed by atoms with Crippen LogP contribution in [0, 0.1) is 5.92 Å². The molecule has 1 aromatic carbocycles. The first-order chi connectivity index (χ1) is 10.3. The number of benzene rings is 1. The molecule has 22 heavy (non-hydrogen) atoms. The summed E-state index contributed by atoms with van der Waals surface area (Å²) in [7, 11) is -3.66. The van der Waals surface area contributed by atoms with Gasteiger partial charge in [0.25, 0.3) is 0 Å². The Morgan fingerprint density at radius 3 is 2.68 bits per heavy atom. The average molecular weight is 321 g/mol. The summed E-state index contributed by atoms with van der Waals surface area (Å²) in [6.45, 7) is 6.19. The molecule has 0 aliphatic carbocycles. The highest BCUT2D eigenvalue weighted by atomic mass is 32.2. The van der Waals surface area contributed by atoms with E-state index in [1.54, 1.807) is 30.6 Å². The molecule has 2 rings (SSSR count). The Kier molecular flexibility index (Phi) is 4.84. The second kappa shape index (κ2) is 6.32. The molecule has 1 heterocycles. The molecule has 1 unspecified atom stereocenters. The number of sulfonamides is 1. The Balaban J connectivity index is 2.45. The van der Waals surface area contributed by atoms with Crippen molar-refractivity contribution in [1.82, 2.24) is 9.71 Å². The van der Waals surface area contributed by atoms with Gasteiger partial charge in [-0.1, -0.05) is 26.0 Å². The Labute approximate surface area is 132 Å². The van der Waals surface area contributed by atoms with Gasteiger partial charge in [-0.05, 0) is 31.4 Å². The van der Waals surface area contributed by atoms with Crippen molar-refractivity contribution in [2.24, 2.45) is 11.7 Å². The van der Waals surface area contributed by atoms with E-state index in [-0.39, 0.29) is 11.4 Å². The van der Waals surface area contributed by atoms with Crippen LogP contribution in [0.3, 0.4) is 0 Å². The van der Waals surface area contributed by atoms with E-state index in [4.69, 9.17) is 5.73 Å². The van der Waals surface area contributed by atoms with E-state index < -0.39 is 15.6 Å². The number of nitrogens with two attached hydrogens (primary N) is 1. The molecule has 120 valence electrons. The third kappa shape index (κ3) is 3.63. The minimum atomic E-state index is -3.66. The molecule has 0 saturated heterocycles. The number of aromatic nitrogens is 1. The quantitative estimate of drug-likeness (QED) is 0.855. The van der Waals surface area contributed by atoms with E-state index in [1.807, 2.05) is 26.8 Å². The Hall–Kier alpha value is -1.50. The van der Waals surface area contributed by atoms with Crippen LogP contribution >= 0.6 is 0 Å². The molecular formula is C16H23N3O2S. The highest BCUT2D eigenvalue weighted by molar-refractivity contribution is 7.89. The zero-order chi connectivity index (χ0) is 16.4. The molecule has 0 bridgehead atoms. The smallest absolute Gasteiger partial charge is 0.241 e. The lowest BCUT2D eigenvalue weighted by Crippen LogP contribution is -2.52. The molecule has 0 saturated carbocycles. The van der Waals surface area contributed by atoms with E-state index in [9.17, 15) is 8.42 Å². The number of fused-ring (bicyclic) bond motifs is 1. The van der Waals surface area contributed by atoms with Gasteiger partial charge in [-0.15, -0.1) is 0 Å². The predicted molar refractivity (Wildman–Crippen MR) is 89.0 cm³/mol. The lowest BCUT2D eigenvalue weighted by molar-refractivity contribution is 0.344. The maximum Gasteiger partial charge on any atom is 0.241 e. The van der Waals surface area contributed by atoms with Gasteiger partial charge in [0.1, 0.15) is 0 Å². The first kappa shape index (κ1) is 16.9. The molecule has 6 heteroatoms. The molecule has 0 amide bonds. The largest absolute Gasteiger partial charge is 0.329 e. The summed E-state index contributed by atoms with van der Waals surface area (Å²) in [5.74, 6) is 0.341. The number of pyridine rings is 1. The summed E-state index contributed by atoms with van der Waals surface area (Å²) in [6, 6.07) is 6.89. The van der Waals surface area contributed by atoms with Crippen molar-refractivity contribution >= 4 is 20.8 Å². The Morgan fingerprint density at radius 1 is 1.32 bits per heavy atom. The Bertz CT molecular complexity index is 754. The molecule has 1 atom stereocenters. The fraction of sp³-hybridized carbons (Fsp3) is 0.438. The van der Waals surface area contributed by atoms with Gasteiger partial charge in [-0.3, -0.25) is 4.98 Å². The Morgan fingerprint density at radius 2 is 2.05 bits per heavy atom. The van der Waals surface area contributed by atoms with Crippen LogP contribution in [0.5, 0.6) is 0 Å². The van der Waals surface area contributed by atoms with Crippen LogP contribution < -0.4 is 10.5 Å². The third-order valence-corrected chi connectivity index (χ3v) is 5.32. The minimum absolute atomic E-state index is 0.247. The highest BCUT2D eigenvalue weighted by Crippen LogP contribution is 2.25. The van der Waals surface area contributed by atoms with E-state index in [0.717, 1.165) is 5.39 Å². The zero-order valence-electron chi connectivity index (χ0n) is 13.2. The molecule has 0 aliphatic heterocycles. The van der Waals surface area contributed by atoms with Crippen LogP contribution in [-0.4, -0.2) is 25.5 Å². The fourth-order valence-electron chi connectivity index (χ4n) is 2.77. The van der Waals surface area contributed by atoms with E-state index >= 15 is 0 Å². The molecular weight excluding hydrogens is 298 g/mol. The maximum absolute atomic E-state index is 12.8. The van der Waals surface area contributed by atoms with E-state index in [1.165, 1.54) is 0 Å². The SMILES string of the molecule is CC(C)CC(C)(CN)NS(=O)(=O)c1cccc2cnccc12. The van der Waals surface area contributed by atoms with Gasteiger partial charge in [0.2, 0.25) is 10.0 Å². The first-order valence-corrected chi connectivity index (χ1v) is 8.82. The molecule has 0 radical (unpaired) electrons. The van der Waals surface area contributed by atoms with Crippen molar-refractivity contribution in [2.45, 2.75) is 37.6 Å². The molecule has 3 N–H and O–H groups in total. The zero-order valence-corrected chi connectivity index (χ0v) is 14.0. The second-order valence-corrected chi connectivity index (χ2v) is 7.97. The van der Waals surface area contributed by atoms with Gasteiger partial charge >= 0.3 is 0 Å².